The van der Waals surface area contributed by atoms with Crippen molar-refractivity contribution < 1.29 is 13.2 Å². The number of pyridine rings is 1. The molecule has 3 aromatic heterocycles. The average molecular weight is 521 g/mol. The predicted molar refractivity (Wildman–Crippen MR) is 143 cm³/mol. The number of para-hydroxylation sites is 1. The van der Waals surface area contributed by atoms with Gasteiger partial charge < -0.3 is 4.74 Å². The van der Waals surface area contributed by atoms with E-state index >= 15 is 0 Å². The number of aromatic nitrogens is 5. The predicted octanol–water partition coefficient (Wildman–Crippen LogP) is 5.45. The van der Waals surface area contributed by atoms with Crippen molar-refractivity contribution in [3.8, 4) is 34.1 Å². The van der Waals surface area contributed by atoms with Crippen molar-refractivity contribution >= 4 is 21.4 Å². The van der Waals surface area contributed by atoms with Crippen LogP contribution in [0.3, 0.4) is 0 Å². The molecule has 0 saturated heterocycles. The van der Waals surface area contributed by atoms with E-state index in [0.717, 1.165) is 11.1 Å². The van der Waals surface area contributed by atoms with Crippen LogP contribution < -0.4 is 9.46 Å². The van der Waals surface area contributed by atoms with Gasteiger partial charge in [0.2, 0.25) is 0 Å². The third kappa shape index (κ3) is 4.80. The zero-order chi connectivity index (χ0) is 26.0. The summed E-state index contributed by atoms with van der Waals surface area (Å²) in [7, 11) is -3.83. The maximum atomic E-state index is 13.1. The van der Waals surface area contributed by atoms with Crippen LogP contribution in [0.5, 0.6) is 11.5 Å². The summed E-state index contributed by atoms with van der Waals surface area (Å²) >= 11 is 0. The number of hydrogen-bond acceptors (Lipinski definition) is 7. The Kier molecular flexibility index (Phi) is 5.98. The number of anilines is 1. The van der Waals surface area contributed by atoms with Crippen LogP contribution in [-0.2, 0) is 10.0 Å². The zero-order valence-electron chi connectivity index (χ0n) is 19.8. The summed E-state index contributed by atoms with van der Waals surface area (Å²) in [5.41, 5.74) is 3.14. The van der Waals surface area contributed by atoms with Crippen LogP contribution in [0.15, 0.2) is 120 Å². The topological polar surface area (TPSA) is 111 Å². The molecule has 0 saturated carbocycles. The average Bonchev–Trinajstić information content (AvgIpc) is 3.38. The molecule has 0 amide bonds. The van der Waals surface area contributed by atoms with Crippen LogP contribution in [-0.4, -0.2) is 33.2 Å². The number of ether oxygens (including phenoxy) is 1. The number of rotatable bonds is 7. The first-order chi connectivity index (χ1) is 18.5. The van der Waals surface area contributed by atoms with Gasteiger partial charge in [0.1, 0.15) is 11.5 Å². The summed E-state index contributed by atoms with van der Waals surface area (Å²) < 4.78 is 36.2. The number of nitrogens with zero attached hydrogens (tertiary/aromatic N) is 5. The molecule has 0 radical (unpaired) electrons. The fourth-order valence-corrected chi connectivity index (χ4v) is 4.93. The Bertz CT molecular complexity index is 1820. The SMILES string of the molecule is O=S(=O)(Nc1cccc(-c2ccc3nnc(-c4cccnc4)n3n2)c1)c1ccc(Oc2ccccc2)cc1. The van der Waals surface area contributed by atoms with Crippen molar-refractivity contribution in [1.29, 1.82) is 0 Å². The second-order valence-electron chi connectivity index (χ2n) is 8.33. The largest absolute Gasteiger partial charge is 0.457 e. The third-order valence-corrected chi connectivity index (χ3v) is 7.10. The first kappa shape index (κ1) is 23.3. The molecular weight excluding hydrogens is 500 g/mol. The highest BCUT2D eigenvalue weighted by Gasteiger charge is 2.16. The molecule has 38 heavy (non-hydrogen) atoms. The van der Waals surface area contributed by atoms with E-state index in [2.05, 4.69) is 19.9 Å². The maximum absolute atomic E-state index is 13.1. The van der Waals surface area contributed by atoms with E-state index in [-0.39, 0.29) is 4.90 Å². The molecule has 6 rings (SSSR count). The Morgan fingerprint density at radius 3 is 2.32 bits per heavy atom. The van der Waals surface area contributed by atoms with Crippen molar-refractivity contribution in [2.24, 2.45) is 0 Å². The van der Waals surface area contributed by atoms with Gasteiger partial charge in [-0.15, -0.1) is 10.2 Å². The van der Waals surface area contributed by atoms with Gasteiger partial charge in [0.15, 0.2) is 11.5 Å². The van der Waals surface area contributed by atoms with E-state index < -0.39 is 10.0 Å². The Labute approximate surface area is 218 Å². The monoisotopic (exact) mass is 520 g/mol. The van der Waals surface area contributed by atoms with Crippen molar-refractivity contribution in [2.45, 2.75) is 4.90 Å². The van der Waals surface area contributed by atoms with E-state index in [1.54, 1.807) is 47.2 Å². The van der Waals surface area contributed by atoms with Crippen LogP contribution in [0.4, 0.5) is 5.69 Å². The number of fused-ring (bicyclic) bond motifs is 1. The lowest BCUT2D eigenvalue weighted by atomic mass is 10.1. The molecule has 0 aliphatic rings. The number of sulfonamides is 1. The minimum atomic E-state index is -3.83. The highest BCUT2D eigenvalue weighted by atomic mass is 32.2. The van der Waals surface area contributed by atoms with Gasteiger partial charge in [-0.3, -0.25) is 9.71 Å². The summed E-state index contributed by atoms with van der Waals surface area (Å²) in [5.74, 6) is 1.77. The Morgan fingerprint density at radius 2 is 1.53 bits per heavy atom. The van der Waals surface area contributed by atoms with Crippen molar-refractivity contribution in [3.05, 3.63) is 116 Å². The van der Waals surface area contributed by atoms with Gasteiger partial charge in [-0.2, -0.15) is 9.61 Å². The zero-order valence-corrected chi connectivity index (χ0v) is 20.7. The van der Waals surface area contributed by atoms with Gasteiger partial charge in [0.25, 0.3) is 10.0 Å². The Hall–Kier alpha value is -5.09. The summed E-state index contributed by atoms with van der Waals surface area (Å²) in [6.07, 6.45) is 3.38. The van der Waals surface area contributed by atoms with Crippen LogP contribution in [0.2, 0.25) is 0 Å². The minimum Gasteiger partial charge on any atom is -0.457 e. The molecule has 9 nitrogen and oxygen atoms in total. The smallest absolute Gasteiger partial charge is 0.261 e. The van der Waals surface area contributed by atoms with E-state index in [1.165, 1.54) is 12.1 Å². The van der Waals surface area contributed by atoms with Gasteiger partial charge in [0.05, 0.1) is 10.6 Å². The molecule has 0 spiro atoms. The standard InChI is InChI=1S/C28H20N6O3S/c35-38(36,25-13-11-24(12-14-25)37-23-9-2-1-3-10-23)33-22-8-4-6-20(18-22)26-15-16-27-30-31-28(34(27)32-26)21-7-5-17-29-19-21/h1-19,33H. The molecule has 0 fully saturated rings. The Morgan fingerprint density at radius 1 is 0.737 bits per heavy atom. The number of hydrogen-bond donors (Lipinski definition) is 1. The normalized spacial score (nSPS) is 11.4. The van der Waals surface area contributed by atoms with E-state index in [4.69, 9.17) is 9.84 Å². The molecule has 0 aliphatic carbocycles. The van der Waals surface area contributed by atoms with Gasteiger partial charge in [-0.25, -0.2) is 8.42 Å². The Balaban J connectivity index is 1.24. The number of nitrogens with one attached hydrogen (secondary N) is 1. The molecule has 0 aliphatic heterocycles. The maximum Gasteiger partial charge on any atom is 0.261 e. The molecule has 0 unspecified atom stereocenters. The molecule has 0 atom stereocenters. The number of benzene rings is 3. The van der Waals surface area contributed by atoms with Crippen LogP contribution in [0.25, 0.3) is 28.3 Å². The van der Waals surface area contributed by atoms with E-state index in [9.17, 15) is 8.42 Å². The van der Waals surface area contributed by atoms with Gasteiger partial charge >= 0.3 is 0 Å². The van der Waals surface area contributed by atoms with Crippen LogP contribution in [0, 0.1) is 0 Å². The summed E-state index contributed by atoms with van der Waals surface area (Å²) in [6.45, 7) is 0. The lowest BCUT2D eigenvalue weighted by molar-refractivity contribution is 0.482. The van der Waals surface area contributed by atoms with Crippen molar-refractivity contribution in [1.82, 2.24) is 24.8 Å². The molecule has 10 heteroatoms. The molecule has 186 valence electrons. The lowest BCUT2D eigenvalue weighted by Gasteiger charge is -2.11. The summed E-state index contributed by atoms with van der Waals surface area (Å²) in [5, 5.41) is 13.1. The fourth-order valence-electron chi connectivity index (χ4n) is 3.89. The minimum absolute atomic E-state index is 0.119. The summed E-state index contributed by atoms with van der Waals surface area (Å²) in [4.78, 5) is 4.26. The lowest BCUT2D eigenvalue weighted by Crippen LogP contribution is -2.12. The molecule has 3 aromatic carbocycles. The molecule has 1 N–H and O–H groups in total. The molecule has 6 aromatic rings. The first-order valence-electron chi connectivity index (χ1n) is 11.6. The molecule has 3 heterocycles. The molecular formula is C28H20N6O3S. The second kappa shape index (κ2) is 9.75. The second-order valence-corrected chi connectivity index (χ2v) is 10.0. The van der Waals surface area contributed by atoms with Gasteiger partial charge in [-0.1, -0.05) is 30.3 Å². The fraction of sp³-hybridized carbons (Fsp3) is 0. The van der Waals surface area contributed by atoms with E-state index in [0.29, 0.717) is 34.4 Å². The first-order valence-corrected chi connectivity index (χ1v) is 13.1. The highest BCUT2D eigenvalue weighted by Crippen LogP contribution is 2.26. The highest BCUT2D eigenvalue weighted by molar-refractivity contribution is 7.92. The van der Waals surface area contributed by atoms with E-state index in [1.807, 2.05) is 60.7 Å². The summed E-state index contributed by atoms with van der Waals surface area (Å²) in [6, 6.07) is 29.9. The third-order valence-electron chi connectivity index (χ3n) is 5.71. The van der Waals surface area contributed by atoms with Crippen molar-refractivity contribution in [3.63, 3.8) is 0 Å². The van der Waals surface area contributed by atoms with Crippen molar-refractivity contribution in [2.75, 3.05) is 4.72 Å². The van der Waals surface area contributed by atoms with Gasteiger partial charge in [-0.05, 0) is 72.8 Å². The molecule has 0 bridgehead atoms. The van der Waals surface area contributed by atoms with Gasteiger partial charge in [0, 0.05) is 29.2 Å². The van der Waals surface area contributed by atoms with Crippen LogP contribution >= 0.6 is 0 Å². The van der Waals surface area contributed by atoms with Crippen LogP contribution in [0.1, 0.15) is 0 Å². The quantitative estimate of drug-likeness (QED) is 0.298.